The van der Waals surface area contributed by atoms with Gasteiger partial charge in [0.2, 0.25) is 0 Å². The van der Waals surface area contributed by atoms with Gasteiger partial charge in [-0.3, -0.25) is 9.59 Å². The number of nitrogens with zero attached hydrogens (tertiary/aromatic N) is 1. The Labute approximate surface area is 151 Å². The van der Waals surface area contributed by atoms with Crippen molar-refractivity contribution in [3.8, 4) is 0 Å². The summed E-state index contributed by atoms with van der Waals surface area (Å²) in [6.45, 7) is 1.98. The van der Waals surface area contributed by atoms with E-state index in [2.05, 4.69) is 15.9 Å². The summed E-state index contributed by atoms with van der Waals surface area (Å²) < 4.78 is 6.99. The lowest BCUT2D eigenvalue weighted by Crippen LogP contribution is -2.23. The zero-order chi connectivity index (χ0) is 17.3. The quantitative estimate of drug-likeness (QED) is 0.438. The number of hydrogen-bond acceptors (Lipinski definition) is 5. The maximum absolute atomic E-state index is 12.3. The van der Waals surface area contributed by atoms with Crippen molar-refractivity contribution >= 4 is 51.2 Å². The third-order valence-electron chi connectivity index (χ3n) is 3.39. The molecule has 1 heterocycles. The second-order valence-electron chi connectivity index (χ2n) is 4.87. The SMILES string of the molecule is CCOC(=O)c1ccccc1SN1C(=O)C(=O)c2cccc(Br)c21. The van der Waals surface area contributed by atoms with E-state index in [0.29, 0.717) is 26.2 Å². The summed E-state index contributed by atoms with van der Waals surface area (Å²) in [4.78, 5) is 37.1. The average molecular weight is 406 g/mol. The molecule has 7 heteroatoms. The van der Waals surface area contributed by atoms with Crippen molar-refractivity contribution in [1.29, 1.82) is 0 Å². The van der Waals surface area contributed by atoms with Gasteiger partial charge < -0.3 is 4.74 Å². The fourth-order valence-electron chi connectivity index (χ4n) is 2.32. The van der Waals surface area contributed by atoms with Crippen molar-refractivity contribution in [3.05, 3.63) is 58.1 Å². The molecule has 0 saturated heterocycles. The Balaban J connectivity index is 2.01. The summed E-state index contributed by atoms with van der Waals surface area (Å²) in [7, 11) is 0. The predicted molar refractivity (Wildman–Crippen MR) is 94.2 cm³/mol. The number of rotatable bonds is 4. The summed E-state index contributed by atoms with van der Waals surface area (Å²) in [5, 5.41) is 0. The standard InChI is InChI=1S/C17H12BrNO4S/c1-2-23-17(22)10-6-3-4-9-13(10)24-19-14-11(15(20)16(19)21)7-5-8-12(14)18/h3-9H,2H2,1H3. The zero-order valence-corrected chi connectivity index (χ0v) is 15.0. The van der Waals surface area contributed by atoms with Crippen molar-refractivity contribution in [2.45, 2.75) is 11.8 Å². The summed E-state index contributed by atoms with van der Waals surface area (Å²) in [6.07, 6.45) is 0. The number of carbonyl (C=O) groups is 3. The number of benzene rings is 2. The van der Waals surface area contributed by atoms with Crippen molar-refractivity contribution in [2.24, 2.45) is 0 Å². The van der Waals surface area contributed by atoms with Crippen LogP contribution in [-0.2, 0) is 9.53 Å². The van der Waals surface area contributed by atoms with Gasteiger partial charge in [-0.1, -0.05) is 18.2 Å². The molecule has 1 amide bonds. The number of halogens is 1. The van der Waals surface area contributed by atoms with E-state index in [9.17, 15) is 14.4 Å². The van der Waals surface area contributed by atoms with E-state index < -0.39 is 17.7 Å². The van der Waals surface area contributed by atoms with E-state index in [1.807, 2.05) is 0 Å². The Bertz CT molecular complexity index is 852. The second-order valence-corrected chi connectivity index (χ2v) is 6.71. The normalized spacial score (nSPS) is 13.2. The van der Waals surface area contributed by atoms with E-state index in [-0.39, 0.29) is 6.61 Å². The molecule has 2 aromatic carbocycles. The van der Waals surface area contributed by atoms with Crippen molar-refractivity contribution in [3.63, 3.8) is 0 Å². The molecule has 5 nitrogen and oxygen atoms in total. The highest BCUT2D eigenvalue weighted by Crippen LogP contribution is 2.42. The maximum Gasteiger partial charge on any atom is 0.339 e. The highest BCUT2D eigenvalue weighted by molar-refractivity contribution is 9.10. The highest BCUT2D eigenvalue weighted by atomic mass is 79.9. The minimum Gasteiger partial charge on any atom is -0.462 e. The summed E-state index contributed by atoms with van der Waals surface area (Å²) in [5.41, 5.74) is 1.19. The number of ketones is 1. The zero-order valence-electron chi connectivity index (χ0n) is 12.6. The molecule has 3 rings (SSSR count). The molecule has 0 atom stereocenters. The number of para-hydroxylation sites is 1. The number of fused-ring (bicyclic) bond motifs is 1. The number of amides is 1. The summed E-state index contributed by atoms with van der Waals surface area (Å²) >= 11 is 4.41. The molecule has 24 heavy (non-hydrogen) atoms. The molecule has 0 fully saturated rings. The minimum atomic E-state index is -0.638. The van der Waals surface area contributed by atoms with Crippen molar-refractivity contribution in [2.75, 3.05) is 10.9 Å². The Hall–Kier alpha value is -2.12. The Morgan fingerprint density at radius 2 is 1.92 bits per heavy atom. The van der Waals surface area contributed by atoms with Crippen LogP contribution in [0.3, 0.4) is 0 Å². The first-order valence-electron chi connectivity index (χ1n) is 7.16. The van der Waals surface area contributed by atoms with Gasteiger partial charge >= 0.3 is 11.9 Å². The molecule has 122 valence electrons. The van der Waals surface area contributed by atoms with Crippen LogP contribution >= 0.6 is 27.9 Å². The summed E-state index contributed by atoms with van der Waals surface area (Å²) in [6, 6.07) is 11.9. The third kappa shape index (κ3) is 2.85. The number of ether oxygens (including phenoxy) is 1. The summed E-state index contributed by atoms with van der Waals surface area (Å²) in [5.74, 6) is -1.67. The van der Waals surface area contributed by atoms with E-state index in [4.69, 9.17) is 4.74 Å². The molecule has 0 saturated carbocycles. The first kappa shape index (κ1) is 16.7. The van der Waals surface area contributed by atoms with Gasteiger partial charge in [-0.15, -0.1) is 0 Å². The Kier molecular flexibility index (Phi) is 4.73. The molecule has 2 aromatic rings. The van der Waals surface area contributed by atoms with Gasteiger partial charge in [-0.05, 0) is 59.1 Å². The number of hydrogen-bond donors (Lipinski definition) is 0. The number of carbonyl (C=O) groups excluding carboxylic acids is 3. The van der Waals surface area contributed by atoms with Gasteiger partial charge in [0.1, 0.15) is 0 Å². The number of esters is 1. The predicted octanol–water partition coefficient (Wildman–Crippen LogP) is 3.86. The van der Waals surface area contributed by atoms with Crippen LogP contribution < -0.4 is 4.31 Å². The van der Waals surface area contributed by atoms with E-state index in [1.165, 1.54) is 4.31 Å². The van der Waals surface area contributed by atoms with E-state index >= 15 is 0 Å². The van der Waals surface area contributed by atoms with Crippen LogP contribution in [0, 0.1) is 0 Å². The second kappa shape index (κ2) is 6.78. The Morgan fingerprint density at radius 3 is 2.67 bits per heavy atom. The first-order valence-corrected chi connectivity index (χ1v) is 8.72. The van der Waals surface area contributed by atoms with Crippen LogP contribution in [0.25, 0.3) is 0 Å². The van der Waals surface area contributed by atoms with Gasteiger partial charge in [-0.25, -0.2) is 9.10 Å². The third-order valence-corrected chi connectivity index (χ3v) is 5.11. The molecule has 0 aromatic heterocycles. The fraction of sp³-hybridized carbons (Fsp3) is 0.118. The maximum atomic E-state index is 12.3. The molecule has 0 spiro atoms. The van der Waals surface area contributed by atoms with Gasteiger partial charge in [0, 0.05) is 9.37 Å². The fourth-order valence-corrected chi connectivity index (χ4v) is 4.02. The lowest BCUT2D eigenvalue weighted by molar-refractivity contribution is -0.113. The van der Waals surface area contributed by atoms with Crippen molar-refractivity contribution < 1.29 is 19.1 Å². The molecule has 0 aliphatic carbocycles. The van der Waals surface area contributed by atoms with E-state index in [1.54, 1.807) is 49.4 Å². The highest BCUT2D eigenvalue weighted by Gasteiger charge is 2.38. The Morgan fingerprint density at radius 1 is 1.17 bits per heavy atom. The average Bonchev–Trinajstić information content (AvgIpc) is 2.82. The van der Waals surface area contributed by atoms with Crippen LogP contribution in [0.1, 0.15) is 27.6 Å². The number of anilines is 1. The van der Waals surface area contributed by atoms with Crippen molar-refractivity contribution in [1.82, 2.24) is 0 Å². The minimum absolute atomic E-state index is 0.257. The molecular formula is C17H12BrNO4S. The molecular weight excluding hydrogens is 394 g/mol. The van der Waals surface area contributed by atoms with Crippen LogP contribution in [-0.4, -0.2) is 24.3 Å². The van der Waals surface area contributed by atoms with Gasteiger partial charge in [0.05, 0.1) is 23.4 Å². The largest absolute Gasteiger partial charge is 0.462 e. The van der Waals surface area contributed by atoms with Crippen LogP contribution in [0.2, 0.25) is 0 Å². The smallest absolute Gasteiger partial charge is 0.339 e. The molecule has 0 radical (unpaired) electrons. The number of Topliss-reactive ketones (excluding diaryl/α,β-unsaturated/α-hetero) is 1. The van der Waals surface area contributed by atoms with Crippen LogP contribution in [0.15, 0.2) is 51.8 Å². The van der Waals surface area contributed by atoms with Gasteiger partial charge in [0.25, 0.3) is 5.78 Å². The van der Waals surface area contributed by atoms with Crippen LogP contribution in [0.4, 0.5) is 5.69 Å². The molecule has 1 aliphatic heterocycles. The molecule has 1 aliphatic rings. The topological polar surface area (TPSA) is 63.7 Å². The van der Waals surface area contributed by atoms with E-state index in [0.717, 1.165) is 11.9 Å². The monoisotopic (exact) mass is 405 g/mol. The lowest BCUT2D eigenvalue weighted by Gasteiger charge is -2.17. The molecule has 0 N–H and O–H groups in total. The van der Waals surface area contributed by atoms with Gasteiger partial charge in [0.15, 0.2) is 0 Å². The van der Waals surface area contributed by atoms with Gasteiger partial charge in [-0.2, -0.15) is 0 Å². The first-order chi connectivity index (χ1) is 11.5. The van der Waals surface area contributed by atoms with Crippen LogP contribution in [0.5, 0.6) is 0 Å². The lowest BCUT2D eigenvalue weighted by atomic mass is 10.1. The molecule has 0 unspecified atom stereocenters. The molecule has 0 bridgehead atoms.